The minimum atomic E-state index is -3.56. The van der Waals surface area contributed by atoms with Crippen LogP contribution in [0.2, 0.25) is 0 Å². The van der Waals surface area contributed by atoms with E-state index >= 15 is 0 Å². The molecule has 0 saturated carbocycles. The molecule has 1 fully saturated rings. The first kappa shape index (κ1) is 21.1. The van der Waals surface area contributed by atoms with Crippen molar-refractivity contribution in [2.45, 2.75) is 18.7 Å². The van der Waals surface area contributed by atoms with E-state index in [-0.39, 0.29) is 10.8 Å². The second-order valence-electron chi connectivity index (χ2n) is 6.04. The number of hydrogen-bond acceptors (Lipinski definition) is 5. The van der Waals surface area contributed by atoms with Crippen molar-refractivity contribution in [1.29, 1.82) is 0 Å². The topological polar surface area (TPSA) is 70.2 Å². The average molecular weight is 448 g/mol. The van der Waals surface area contributed by atoms with Crippen molar-refractivity contribution in [3.63, 3.8) is 0 Å². The number of carbonyl (C=O) groups is 1. The highest BCUT2D eigenvalue weighted by Gasteiger charge is 2.30. The fourth-order valence-electron chi connectivity index (χ4n) is 2.95. The third-order valence-electron chi connectivity index (χ3n) is 4.57. The molecule has 0 atom stereocenters. The molecule has 1 amide bonds. The van der Waals surface area contributed by atoms with Crippen LogP contribution in [0.25, 0.3) is 0 Å². The predicted octanol–water partition coefficient (Wildman–Crippen LogP) is 1.63. The fourth-order valence-corrected chi connectivity index (χ4v) is 5.09. The molecule has 146 valence electrons. The number of piperazine rings is 1. The van der Waals surface area contributed by atoms with Gasteiger partial charge in [0.05, 0.1) is 23.0 Å². The zero-order valence-corrected chi connectivity index (χ0v) is 17.8. The normalized spacial score (nSPS) is 16.5. The van der Waals surface area contributed by atoms with E-state index in [1.54, 1.807) is 23.1 Å². The number of halogens is 1. The Morgan fingerprint density at radius 2 is 1.81 bits per heavy atom. The number of benzene rings is 1. The zero-order valence-electron chi connectivity index (χ0n) is 15.4. The van der Waals surface area contributed by atoms with Crippen LogP contribution in [0.15, 0.2) is 27.6 Å². The Bertz CT molecular complexity index is 730. The maximum absolute atomic E-state index is 12.8. The SMILES string of the molecule is CCN(CC)C(=O)CN1CCN(S(=O)(=O)c2ccc(OC)c(Br)c2)CC1. The van der Waals surface area contributed by atoms with Crippen LogP contribution < -0.4 is 4.74 Å². The van der Waals surface area contributed by atoms with Gasteiger partial charge in [-0.05, 0) is 48.0 Å². The van der Waals surface area contributed by atoms with Gasteiger partial charge in [-0.3, -0.25) is 9.69 Å². The molecule has 26 heavy (non-hydrogen) atoms. The molecule has 0 unspecified atom stereocenters. The van der Waals surface area contributed by atoms with Gasteiger partial charge in [0.2, 0.25) is 15.9 Å². The van der Waals surface area contributed by atoms with E-state index in [2.05, 4.69) is 15.9 Å². The summed E-state index contributed by atoms with van der Waals surface area (Å²) in [6.07, 6.45) is 0. The Hall–Kier alpha value is -1.16. The summed E-state index contributed by atoms with van der Waals surface area (Å²) in [6.45, 7) is 7.47. The first-order chi connectivity index (χ1) is 12.3. The van der Waals surface area contributed by atoms with Gasteiger partial charge >= 0.3 is 0 Å². The summed E-state index contributed by atoms with van der Waals surface area (Å²) >= 11 is 3.33. The van der Waals surface area contributed by atoms with Crippen LogP contribution in [0.1, 0.15) is 13.8 Å². The van der Waals surface area contributed by atoms with E-state index in [1.165, 1.54) is 11.4 Å². The lowest BCUT2D eigenvalue weighted by atomic mass is 10.3. The van der Waals surface area contributed by atoms with E-state index in [4.69, 9.17) is 4.74 Å². The summed E-state index contributed by atoms with van der Waals surface area (Å²) in [4.78, 5) is 16.2. The summed E-state index contributed by atoms with van der Waals surface area (Å²) in [5.74, 6) is 0.675. The van der Waals surface area contributed by atoms with Crippen LogP contribution in [-0.2, 0) is 14.8 Å². The van der Waals surface area contributed by atoms with Crippen LogP contribution in [0.3, 0.4) is 0 Å². The zero-order chi connectivity index (χ0) is 19.3. The molecule has 0 aliphatic carbocycles. The first-order valence-corrected chi connectivity index (χ1v) is 10.9. The number of sulfonamides is 1. The van der Waals surface area contributed by atoms with E-state index in [1.807, 2.05) is 18.7 Å². The van der Waals surface area contributed by atoms with E-state index in [0.717, 1.165) is 0 Å². The predicted molar refractivity (Wildman–Crippen MR) is 104 cm³/mol. The van der Waals surface area contributed by atoms with Gasteiger partial charge in [0.1, 0.15) is 5.75 Å². The van der Waals surface area contributed by atoms with Gasteiger partial charge in [0.25, 0.3) is 0 Å². The number of amides is 1. The molecule has 7 nitrogen and oxygen atoms in total. The second kappa shape index (κ2) is 9.16. The molecule has 9 heteroatoms. The van der Waals surface area contributed by atoms with E-state index in [0.29, 0.717) is 56.0 Å². The van der Waals surface area contributed by atoms with Crippen LogP contribution >= 0.6 is 15.9 Å². The summed E-state index contributed by atoms with van der Waals surface area (Å²) in [5.41, 5.74) is 0. The highest BCUT2D eigenvalue weighted by molar-refractivity contribution is 9.10. The van der Waals surface area contributed by atoms with E-state index in [9.17, 15) is 13.2 Å². The Kier molecular flexibility index (Phi) is 7.45. The maximum Gasteiger partial charge on any atom is 0.243 e. The van der Waals surface area contributed by atoms with Gasteiger partial charge in [0.15, 0.2) is 0 Å². The summed E-state index contributed by atoms with van der Waals surface area (Å²) < 4.78 is 32.9. The third kappa shape index (κ3) is 4.76. The number of nitrogens with zero attached hydrogens (tertiary/aromatic N) is 3. The number of rotatable bonds is 7. The van der Waals surface area contributed by atoms with Crippen LogP contribution in [0.5, 0.6) is 5.75 Å². The molecule has 1 aliphatic heterocycles. The van der Waals surface area contributed by atoms with Crippen molar-refractivity contribution in [3.05, 3.63) is 22.7 Å². The van der Waals surface area contributed by atoms with Gasteiger partial charge in [-0.1, -0.05) is 0 Å². The fraction of sp³-hybridized carbons (Fsp3) is 0.588. The van der Waals surface area contributed by atoms with Gasteiger partial charge < -0.3 is 9.64 Å². The Morgan fingerprint density at radius 3 is 2.31 bits per heavy atom. The minimum absolute atomic E-state index is 0.0883. The minimum Gasteiger partial charge on any atom is -0.496 e. The summed E-state index contributed by atoms with van der Waals surface area (Å²) in [6, 6.07) is 4.75. The number of ether oxygens (including phenoxy) is 1. The number of hydrogen-bond donors (Lipinski definition) is 0. The monoisotopic (exact) mass is 447 g/mol. The molecular formula is C17H26BrN3O4S. The quantitative estimate of drug-likeness (QED) is 0.635. The summed E-state index contributed by atoms with van der Waals surface area (Å²) in [5, 5.41) is 0. The molecule has 1 aromatic carbocycles. The van der Waals surface area contributed by atoms with Crippen LogP contribution in [-0.4, -0.2) is 81.4 Å². The number of likely N-dealkylation sites (N-methyl/N-ethyl adjacent to an activating group) is 1. The molecule has 0 bridgehead atoms. The second-order valence-corrected chi connectivity index (χ2v) is 8.83. The van der Waals surface area contributed by atoms with Crippen molar-refractivity contribution in [2.75, 3.05) is 52.9 Å². The van der Waals surface area contributed by atoms with Crippen molar-refractivity contribution >= 4 is 31.9 Å². The molecule has 0 aromatic heterocycles. The van der Waals surface area contributed by atoms with Crippen molar-refractivity contribution in [3.8, 4) is 5.75 Å². The number of carbonyl (C=O) groups excluding carboxylic acids is 1. The smallest absolute Gasteiger partial charge is 0.243 e. The molecule has 0 spiro atoms. The highest BCUT2D eigenvalue weighted by atomic mass is 79.9. The van der Waals surface area contributed by atoms with Gasteiger partial charge in [0, 0.05) is 39.3 Å². The standard InChI is InChI=1S/C17H26BrN3O4S/c1-4-20(5-2)17(22)13-19-8-10-21(11-9-19)26(23,24)14-6-7-16(25-3)15(18)12-14/h6-7,12H,4-5,8-11,13H2,1-3H3. The number of methoxy groups -OCH3 is 1. The molecule has 1 saturated heterocycles. The first-order valence-electron chi connectivity index (χ1n) is 8.67. The Balaban J connectivity index is 2.00. The summed E-state index contributed by atoms with van der Waals surface area (Å²) in [7, 11) is -2.03. The molecular weight excluding hydrogens is 422 g/mol. The Morgan fingerprint density at radius 1 is 1.19 bits per heavy atom. The van der Waals surface area contributed by atoms with E-state index < -0.39 is 10.0 Å². The molecule has 1 aliphatic rings. The Labute approximate surface area is 164 Å². The van der Waals surface area contributed by atoms with Crippen molar-refractivity contribution < 1.29 is 17.9 Å². The molecule has 0 radical (unpaired) electrons. The molecule has 0 N–H and O–H groups in total. The van der Waals surface area contributed by atoms with Crippen LogP contribution in [0.4, 0.5) is 0 Å². The van der Waals surface area contributed by atoms with Gasteiger partial charge in [-0.25, -0.2) is 8.42 Å². The molecule has 2 rings (SSSR count). The lowest BCUT2D eigenvalue weighted by Gasteiger charge is -2.34. The maximum atomic E-state index is 12.8. The molecule has 1 aromatic rings. The van der Waals surface area contributed by atoms with Gasteiger partial charge in [-0.15, -0.1) is 0 Å². The van der Waals surface area contributed by atoms with Crippen molar-refractivity contribution in [2.24, 2.45) is 0 Å². The highest BCUT2D eigenvalue weighted by Crippen LogP contribution is 2.29. The lowest BCUT2D eigenvalue weighted by Crippen LogP contribution is -2.51. The van der Waals surface area contributed by atoms with Crippen LogP contribution in [0, 0.1) is 0 Å². The largest absolute Gasteiger partial charge is 0.496 e. The third-order valence-corrected chi connectivity index (χ3v) is 7.08. The lowest BCUT2D eigenvalue weighted by molar-refractivity contribution is -0.132. The van der Waals surface area contributed by atoms with Gasteiger partial charge in [-0.2, -0.15) is 4.31 Å². The van der Waals surface area contributed by atoms with Crippen molar-refractivity contribution in [1.82, 2.24) is 14.1 Å². The molecule has 1 heterocycles. The average Bonchev–Trinajstić information content (AvgIpc) is 2.63.